The lowest BCUT2D eigenvalue weighted by atomic mass is 10.2. The van der Waals surface area contributed by atoms with Crippen LogP contribution in [0, 0.1) is 0 Å². The second kappa shape index (κ2) is 6.05. The summed E-state index contributed by atoms with van der Waals surface area (Å²) < 4.78 is 26.6. The lowest BCUT2D eigenvalue weighted by Crippen LogP contribution is -1.96. The van der Waals surface area contributed by atoms with E-state index in [9.17, 15) is 9.46 Å². The zero-order valence-corrected chi connectivity index (χ0v) is 11.1. The van der Waals surface area contributed by atoms with Gasteiger partial charge in [-0.25, -0.2) is 0 Å². The van der Waals surface area contributed by atoms with Crippen LogP contribution in [-0.2, 0) is 15.3 Å². The Balaban J connectivity index is 2.89. The van der Waals surface area contributed by atoms with Crippen molar-refractivity contribution in [2.45, 2.75) is 13.1 Å². The number of methoxy groups -OCH3 is 2. The molecule has 0 heterocycles. The van der Waals surface area contributed by atoms with Gasteiger partial charge in [0.25, 0.3) is 0 Å². The molecule has 6 heteroatoms. The third-order valence-corrected chi connectivity index (χ3v) is 3.59. The monoisotopic (exact) mass is 260 g/mol. The molecule has 0 spiro atoms. The first-order valence-corrected chi connectivity index (χ1v) is 6.96. The van der Waals surface area contributed by atoms with Crippen molar-refractivity contribution in [1.29, 1.82) is 0 Å². The van der Waals surface area contributed by atoms with Crippen molar-refractivity contribution in [2.75, 3.05) is 20.8 Å². The van der Waals surface area contributed by atoms with Crippen LogP contribution < -0.4 is 9.47 Å². The molecular formula is C11H17O5P. The van der Waals surface area contributed by atoms with E-state index in [0.29, 0.717) is 17.1 Å². The van der Waals surface area contributed by atoms with Crippen LogP contribution in [0.5, 0.6) is 11.5 Å². The van der Waals surface area contributed by atoms with Crippen LogP contribution in [0.25, 0.3) is 0 Å². The lowest BCUT2D eigenvalue weighted by molar-refractivity contribution is 0.272. The van der Waals surface area contributed by atoms with Crippen LogP contribution in [0.1, 0.15) is 12.5 Å². The number of rotatable bonds is 6. The highest BCUT2D eigenvalue weighted by Crippen LogP contribution is 2.46. The Morgan fingerprint density at radius 3 is 2.41 bits per heavy atom. The smallest absolute Gasteiger partial charge is 0.332 e. The number of benzene rings is 1. The van der Waals surface area contributed by atoms with Crippen LogP contribution in [0.4, 0.5) is 0 Å². The molecule has 0 aromatic heterocycles. The van der Waals surface area contributed by atoms with Crippen LogP contribution in [0.15, 0.2) is 18.2 Å². The molecule has 0 aliphatic heterocycles. The molecule has 1 aromatic carbocycles. The summed E-state index contributed by atoms with van der Waals surface area (Å²) in [5.41, 5.74) is 0.668. The fourth-order valence-corrected chi connectivity index (χ4v) is 2.61. The molecule has 0 aliphatic rings. The van der Waals surface area contributed by atoms with E-state index >= 15 is 0 Å². The molecule has 1 rings (SSSR count). The van der Waals surface area contributed by atoms with Crippen molar-refractivity contribution in [3.05, 3.63) is 23.8 Å². The molecule has 5 nitrogen and oxygen atoms in total. The third kappa shape index (κ3) is 4.04. The Morgan fingerprint density at radius 1 is 1.24 bits per heavy atom. The second-order valence-electron chi connectivity index (χ2n) is 3.40. The number of ether oxygens (including phenoxy) is 2. The maximum absolute atomic E-state index is 11.6. The maximum Gasteiger partial charge on any atom is 0.332 e. The molecule has 17 heavy (non-hydrogen) atoms. The summed E-state index contributed by atoms with van der Waals surface area (Å²) >= 11 is 0. The second-order valence-corrected chi connectivity index (χ2v) is 5.25. The lowest BCUT2D eigenvalue weighted by Gasteiger charge is -2.13. The Kier molecular flexibility index (Phi) is 5.00. The van der Waals surface area contributed by atoms with Gasteiger partial charge in [0, 0.05) is 0 Å². The summed E-state index contributed by atoms with van der Waals surface area (Å²) in [7, 11) is -0.512. The molecule has 96 valence electrons. The zero-order valence-electron chi connectivity index (χ0n) is 10.2. The highest BCUT2D eigenvalue weighted by molar-refractivity contribution is 7.51. The van der Waals surface area contributed by atoms with Crippen LogP contribution in [0.2, 0.25) is 0 Å². The number of hydrogen-bond donors (Lipinski definition) is 1. The first-order valence-electron chi connectivity index (χ1n) is 5.19. The molecule has 0 saturated heterocycles. The van der Waals surface area contributed by atoms with E-state index in [0.717, 1.165) is 0 Å². The van der Waals surface area contributed by atoms with Gasteiger partial charge in [0.15, 0.2) is 11.5 Å². The fraction of sp³-hybridized carbons (Fsp3) is 0.455. The molecule has 1 N–H and O–H groups in total. The summed E-state index contributed by atoms with van der Waals surface area (Å²) in [4.78, 5) is 9.52. The quantitative estimate of drug-likeness (QED) is 0.796. The summed E-state index contributed by atoms with van der Waals surface area (Å²) in [6, 6.07) is 5.07. The molecule has 0 saturated carbocycles. The van der Waals surface area contributed by atoms with E-state index in [-0.39, 0.29) is 12.8 Å². The largest absolute Gasteiger partial charge is 0.493 e. The van der Waals surface area contributed by atoms with Gasteiger partial charge in [-0.3, -0.25) is 4.57 Å². The standard InChI is InChI=1S/C11H17O5P/c1-4-16-17(12,13)8-9-5-6-10(14-2)11(7-9)15-3/h5-7H,4,8H2,1-3H3,(H,12,13). The minimum absolute atomic E-state index is 0.0405. The van der Waals surface area contributed by atoms with Gasteiger partial charge in [-0.15, -0.1) is 0 Å². The van der Waals surface area contributed by atoms with E-state index in [1.807, 2.05) is 0 Å². The molecule has 0 radical (unpaired) electrons. The Hall–Kier alpha value is -1.03. The Bertz CT molecular complexity index is 418. The molecule has 0 aliphatic carbocycles. The maximum atomic E-state index is 11.6. The Morgan fingerprint density at radius 2 is 1.88 bits per heavy atom. The van der Waals surface area contributed by atoms with Gasteiger partial charge in [-0.2, -0.15) is 0 Å². The molecular weight excluding hydrogens is 243 g/mol. The summed E-state index contributed by atoms with van der Waals surface area (Å²) in [6.45, 7) is 1.89. The highest BCUT2D eigenvalue weighted by atomic mass is 31.2. The average molecular weight is 260 g/mol. The van der Waals surface area contributed by atoms with Gasteiger partial charge in [-0.05, 0) is 24.6 Å². The molecule has 1 unspecified atom stereocenters. The predicted molar refractivity (Wildman–Crippen MR) is 64.7 cm³/mol. The molecule has 1 atom stereocenters. The molecule has 1 aromatic rings. The van der Waals surface area contributed by atoms with Gasteiger partial charge < -0.3 is 18.9 Å². The van der Waals surface area contributed by atoms with E-state index in [4.69, 9.17) is 14.0 Å². The molecule has 0 amide bonds. The first-order chi connectivity index (χ1) is 8.02. The van der Waals surface area contributed by atoms with Crippen molar-refractivity contribution >= 4 is 7.60 Å². The van der Waals surface area contributed by atoms with E-state index in [1.54, 1.807) is 25.1 Å². The SMILES string of the molecule is CCOP(=O)(O)Cc1ccc(OC)c(OC)c1. The van der Waals surface area contributed by atoms with Gasteiger partial charge in [-0.1, -0.05) is 6.07 Å². The zero-order chi connectivity index (χ0) is 12.9. The minimum Gasteiger partial charge on any atom is -0.493 e. The van der Waals surface area contributed by atoms with E-state index in [2.05, 4.69) is 0 Å². The summed E-state index contributed by atoms with van der Waals surface area (Å²) in [5, 5.41) is 0. The Labute approximate surface area is 101 Å². The van der Waals surface area contributed by atoms with Gasteiger partial charge in [0.05, 0.1) is 27.0 Å². The average Bonchev–Trinajstić information content (AvgIpc) is 2.28. The van der Waals surface area contributed by atoms with E-state index < -0.39 is 7.60 Å². The van der Waals surface area contributed by atoms with Crippen molar-refractivity contribution in [3.8, 4) is 11.5 Å². The number of hydrogen-bond acceptors (Lipinski definition) is 4. The van der Waals surface area contributed by atoms with Crippen LogP contribution >= 0.6 is 7.60 Å². The van der Waals surface area contributed by atoms with Crippen molar-refractivity contribution in [3.63, 3.8) is 0 Å². The third-order valence-electron chi connectivity index (χ3n) is 2.16. The summed E-state index contributed by atoms with van der Waals surface area (Å²) in [5.74, 6) is 1.11. The van der Waals surface area contributed by atoms with Crippen molar-refractivity contribution in [2.24, 2.45) is 0 Å². The van der Waals surface area contributed by atoms with E-state index in [1.165, 1.54) is 14.2 Å². The fourth-order valence-electron chi connectivity index (χ4n) is 1.46. The van der Waals surface area contributed by atoms with Crippen LogP contribution in [-0.4, -0.2) is 25.7 Å². The molecule has 0 bridgehead atoms. The van der Waals surface area contributed by atoms with Gasteiger partial charge in [0.2, 0.25) is 0 Å². The topological polar surface area (TPSA) is 65.0 Å². The normalized spacial score (nSPS) is 14.1. The van der Waals surface area contributed by atoms with Crippen LogP contribution in [0.3, 0.4) is 0 Å². The predicted octanol–water partition coefficient (Wildman–Crippen LogP) is 2.43. The minimum atomic E-state index is -3.56. The van der Waals surface area contributed by atoms with Crippen molar-refractivity contribution in [1.82, 2.24) is 0 Å². The highest BCUT2D eigenvalue weighted by Gasteiger charge is 2.20. The summed E-state index contributed by atoms with van der Waals surface area (Å²) in [6.07, 6.45) is -0.0405. The van der Waals surface area contributed by atoms with Gasteiger partial charge >= 0.3 is 7.60 Å². The first kappa shape index (κ1) is 14.0. The molecule has 0 fully saturated rings. The van der Waals surface area contributed by atoms with Gasteiger partial charge in [0.1, 0.15) is 0 Å². The van der Waals surface area contributed by atoms with Crippen molar-refractivity contribution < 1.29 is 23.5 Å².